The van der Waals surface area contributed by atoms with Crippen LogP contribution < -0.4 is 25.6 Å². The van der Waals surface area contributed by atoms with Crippen LogP contribution in [-0.4, -0.2) is 8.07 Å². The molecule has 1 heterocycles. The molecule has 3 heteroatoms. The largest absolute Gasteiger partial charge is 0.310 e. The van der Waals surface area contributed by atoms with Crippen LogP contribution >= 0.6 is 11.3 Å². The summed E-state index contributed by atoms with van der Waals surface area (Å²) >= 11 is 1.89. The fraction of sp³-hybridized carbons (Fsp3) is 0. The van der Waals surface area contributed by atoms with Gasteiger partial charge in [0.2, 0.25) is 0 Å². The number of thiophene rings is 1. The standard InChI is InChI=1S/C52H37NSSi/c1-5-15-38(16-6-1)39-25-28-41(29-26-39)53(43-32-36-48-40(37-43)27-35-50-49-23-13-14-24-51(49)54-52(48)50)42-30-33-47(34-31-42)55(44-17-7-2-8-18-44,45-19-9-3-10-20-45)46-21-11-4-12-22-46/h1-37H. The normalized spacial score (nSPS) is 11.6. The van der Waals surface area contributed by atoms with Gasteiger partial charge in [0.25, 0.3) is 0 Å². The Balaban J connectivity index is 1.14. The number of hydrogen-bond acceptors (Lipinski definition) is 2. The van der Waals surface area contributed by atoms with E-state index >= 15 is 0 Å². The van der Waals surface area contributed by atoms with Crippen LogP contribution in [0.5, 0.6) is 0 Å². The van der Waals surface area contributed by atoms with Crippen molar-refractivity contribution in [2.45, 2.75) is 0 Å². The second kappa shape index (κ2) is 14.0. The molecule has 0 saturated carbocycles. The Kier molecular flexibility index (Phi) is 8.44. The molecular weight excluding hydrogens is 699 g/mol. The Morgan fingerprint density at radius 2 is 0.782 bits per heavy atom. The van der Waals surface area contributed by atoms with Crippen molar-refractivity contribution in [2.24, 2.45) is 0 Å². The van der Waals surface area contributed by atoms with Crippen LogP contribution in [-0.2, 0) is 0 Å². The van der Waals surface area contributed by atoms with Crippen molar-refractivity contribution in [1.29, 1.82) is 0 Å². The monoisotopic (exact) mass is 735 g/mol. The molecule has 10 aromatic rings. The van der Waals surface area contributed by atoms with Gasteiger partial charge >= 0.3 is 0 Å². The van der Waals surface area contributed by atoms with Crippen molar-refractivity contribution < 1.29 is 0 Å². The minimum absolute atomic E-state index is 1.12. The van der Waals surface area contributed by atoms with Gasteiger partial charge in [-0.25, -0.2) is 0 Å². The molecule has 0 aliphatic heterocycles. The van der Waals surface area contributed by atoms with Crippen molar-refractivity contribution in [3.05, 3.63) is 224 Å². The maximum atomic E-state index is 2.41. The van der Waals surface area contributed by atoms with E-state index < -0.39 is 8.07 Å². The third-order valence-corrected chi connectivity index (χ3v) is 17.0. The number of benzene rings is 9. The van der Waals surface area contributed by atoms with Crippen molar-refractivity contribution in [2.75, 3.05) is 4.90 Å². The first-order chi connectivity index (χ1) is 27.3. The van der Waals surface area contributed by atoms with E-state index in [-0.39, 0.29) is 0 Å². The zero-order chi connectivity index (χ0) is 36.6. The summed E-state index contributed by atoms with van der Waals surface area (Å²) in [6.07, 6.45) is 0. The molecule has 0 aliphatic carbocycles. The highest BCUT2D eigenvalue weighted by molar-refractivity contribution is 7.26. The van der Waals surface area contributed by atoms with Crippen molar-refractivity contribution in [3.8, 4) is 11.1 Å². The van der Waals surface area contributed by atoms with Crippen LogP contribution in [0.3, 0.4) is 0 Å². The number of anilines is 3. The van der Waals surface area contributed by atoms with E-state index in [4.69, 9.17) is 0 Å². The topological polar surface area (TPSA) is 3.24 Å². The molecule has 55 heavy (non-hydrogen) atoms. The Morgan fingerprint density at radius 1 is 0.327 bits per heavy atom. The first kappa shape index (κ1) is 33.1. The van der Waals surface area contributed by atoms with Crippen LogP contribution in [0.2, 0.25) is 0 Å². The van der Waals surface area contributed by atoms with Gasteiger partial charge in [-0.3, -0.25) is 0 Å². The van der Waals surface area contributed by atoms with Crippen molar-refractivity contribution in [3.63, 3.8) is 0 Å². The highest BCUT2D eigenvalue weighted by Gasteiger charge is 2.41. The van der Waals surface area contributed by atoms with Crippen molar-refractivity contribution in [1.82, 2.24) is 0 Å². The summed E-state index contributed by atoms with van der Waals surface area (Å²) in [6.45, 7) is 0. The molecular formula is C52H37NSSi. The molecule has 260 valence electrons. The molecule has 0 unspecified atom stereocenters. The molecule has 10 rings (SSSR count). The van der Waals surface area contributed by atoms with E-state index in [0.29, 0.717) is 0 Å². The van der Waals surface area contributed by atoms with Crippen LogP contribution in [0, 0.1) is 0 Å². The fourth-order valence-corrected chi connectivity index (χ4v) is 14.4. The second-order valence-electron chi connectivity index (χ2n) is 14.1. The van der Waals surface area contributed by atoms with Crippen LogP contribution in [0.4, 0.5) is 17.1 Å². The van der Waals surface area contributed by atoms with Crippen LogP contribution in [0.15, 0.2) is 224 Å². The number of fused-ring (bicyclic) bond motifs is 5. The number of hydrogen-bond donors (Lipinski definition) is 0. The Labute approximate surface area is 327 Å². The third kappa shape index (κ3) is 5.77. The lowest BCUT2D eigenvalue weighted by Gasteiger charge is -2.35. The summed E-state index contributed by atoms with van der Waals surface area (Å²) in [6, 6.07) is 82.8. The second-order valence-corrected chi connectivity index (χ2v) is 19.0. The summed E-state index contributed by atoms with van der Waals surface area (Å²) in [5.41, 5.74) is 5.79. The van der Waals surface area contributed by atoms with Crippen LogP contribution in [0.25, 0.3) is 42.1 Å². The van der Waals surface area contributed by atoms with Gasteiger partial charge in [-0.2, -0.15) is 0 Å². The highest BCUT2D eigenvalue weighted by Crippen LogP contribution is 2.41. The van der Waals surface area contributed by atoms with Gasteiger partial charge in [0.15, 0.2) is 8.07 Å². The molecule has 0 radical (unpaired) electrons. The van der Waals surface area contributed by atoms with E-state index in [1.807, 2.05) is 11.3 Å². The molecule has 1 nitrogen and oxygen atoms in total. The molecule has 0 aliphatic rings. The molecule has 1 aromatic heterocycles. The van der Waals surface area contributed by atoms with Gasteiger partial charge in [-0.05, 0) is 85.1 Å². The first-order valence-electron chi connectivity index (χ1n) is 18.8. The third-order valence-electron chi connectivity index (χ3n) is 11.0. The van der Waals surface area contributed by atoms with Gasteiger partial charge < -0.3 is 4.90 Å². The lowest BCUT2D eigenvalue weighted by atomic mass is 10.0. The predicted molar refractivity (Wildman–Crippen MR) is 241 cm³/mol. The highest BCUT2D eigenvalue weighted by atomic mass is 32.1. The van der Waals surface area contributed by atoms with Gasteiger partial charge in [-0.1, -0.05) is 182 Å². The van der Waals surface area contributed by atoms with Gasteiger partial charge in [0, 0.05) is 37.2 Å². The average Bonchev–Trinajstić information content (AvgIpc) is 3.66. The van der Waals surface area contributed by atoms with E-state index in [1.165, 1.54) is 62.8 Å². The molecule has 0 fully saturated rings. The minimum atomic E-state index is -2.66. The van der Waals surface area contributed by atoms with E-state index in [0.717, 1.165) is 17.1 Å². The summed E-state index contributed by atoms with van der Waals surface area (Å²) < 4.78 is 2.67. The van der Waals surface area contributed by atoms with E-state index in [9.17, 15) is 0 Å². The molecule has 0 bridgehead atoms. The summed E-state index contributed by atoms with van der Waals surface area (Å²) in [5, 5.41) is 10.7. The minimum Gasteiger partial charge on any atom is -0.310 e. The SMILES string of the molecule is c1ccc(-c2ccc(N(c3ccc([Si](c4ccccc4)(c4ccccc4)c4ccccc4)cc3)c3ccc4c(ccc5c6ccccc6sc45)c3)cc2)cc1. The van der Waals surface area contributed by atoms with Crippen LogP contribution in [0.1, 0.15) is 0 Å². The lowest BCUT2D eigenvalue weighted by molar-refractivity contribution is 1.29. The Morgan fingerprint density at radius 3 is 1.38 bits per heavy atom. The maximum absolute atomic E-state index is 2.66. The summed E-state index contributed by atoms with van der Waals surface area (Å²) in [4.78, 5) is 2.41. The zero-order valence-corrected chi connectivity index (χ0v) is 32.0. The molecule has 9 aromatic carbocycles. The smallest absolute Gasteiger partial charge is 0.179 e. The quantitative estimate of drug-likeness (QED) is 0.111. The summed E-state index contributed by atoms with van der Waals surface area (Å²) in [5.74, 6) is 0. The molecule has 0 atom stereocenters. The van der Waals surface area contributed by atoms with Crippen molar-refractivity contribution >= 4 is 88.2 Å². The van der Waals surface area contributed by atoms with E-state index in [1.54, 1.807) is 0 Å². The zero-order valence-electron chi connectivity index (χ0n) is 30.2. The molecule has 0 amide bonds. The fourth-order valence-electron chi connectivity index (χ4n) is 8.44. The summed E-state index contributed by atoms with van der Waals surface area (Å²) in [7, 11) is -2.66. The molecule has 0 spiro atoms. The Hall–Kier alpha value is -6.52. The molecule has 0 N–H and O–H groups in total. The number of rotatable bonds is 8. The maximum Gasteiger partial charge on any atom is 0.179 e. The van der Waals surface area contributed by atoms with Gasteiger partial charge in [-0.15, -0.1) is 11.3 Å². The first-order valence-corrected chi connectivity index (χ1v) is 21.7. The lowest BCUT2D eigenvalue weighted by Crippen LogP contribution is -2.74. The molecule has 0 saturated heterocycles. The average molecular weight is 736 g/mol. The van der Waals surface area contributed by atoms with Gasteiger partial charge in [0.05, 0.1) is 0 Å². The number of nitrogens with zero attached hydrogens (tertiary/aromatic N) is 1. The van der Waals surface area contributed by atoms with E-state index in [2.05, 4.69) is 229 Å². The Bertz CT molecular complexity index is 2790. The predicted octanol–water partition coefficient (Wildman–Crippen LogP) is 11.7. The van der Waals surface area contributed by atoms with Gasteiger partial charge in [0.1, 0.15) is 0 Å².